The van der Waals surface area contributed by atoms with Crippen molar-refractivity contribution in [2.75, 3.05) is 0 Å². The average molecular weight is 225 g/mol. The fourth-order valence-electron chi connectivity index (χ4n) is 1.77. The highest BCUT2D eigenvalue weighted by atomic mass is 19.4. The highest BCUT2D eigenvalue weighted by Gasteiger charge is 2.30. The lowest BCUT2D eigenvalue weighted by Crippen LogP contribution is -2.04. The van der Waals surface area contributed by atoms with Crippen molar-refractivity contribution in [2.24, 2.45) is 0 Å². The van der Waals surface area contributed by atoms with Gasteiger partial charge in [0.05, 0.1) is 5.56 Å². The second-order valence-electron chi connectivity index (χ2n) is 3.78. The van der Waals surface area contributed by atoms with Crippen LogP contribution in [0.2, 0.25) is 0 Å². The summed E-state index contributed by atoms with van der Waals surface area (Å²) in [6.07, 6.45) is -4.29. The third kappa shape index (κ3) is 1.87. The first kappa shape index (κ1) is 10.9. The van der Waals surface area contributed by atoms with Gasteiger partial charge in [-0.05, 0) is 37.4 Å². The molecule has 4 heteroatoms. The summed E-state index contributed by atoms with van der Waals surface area (Å²) < 4.78 is 37.5. The number of nitrogens with zero attached hydrogens (tertiary/aromatic N) is 1. The first-order valence-electron chi connectivity index (χ1n) is 4.83. The van der Waals surface area contributed by atoms with E-state index < -0.39 is 11.7 Å². The van der Waals surface area contributed by atoms with Gasteiger partial charge in [0.15, 0.2) is 0 Å². The molecular weight excluding hydrogens is 215 g/mol. The van der Waals surface area contributed by atoms with Crippen LogP contribution in [0.15, 0.2) is 24.3 Å². The predicted octanol–water partition coefficient (Wildman–Crippen LogP) is 3.87. The van der Waals surface area contributed by atoms with E-state index in [4.69, 9.17) is 0 Å². The van der Waals surface area contributed by atoms with Gasteiger partial charge in [0.2, 0.25) is 0 Å². The molecule has 1 nitrogen and oxygen atoms in total. The first-order valence-corrected chi connectivity index (χ1v) is 4.83. The van der Waals surface area contributed by atoms with Crippen LogP contribution in [-0.2, 0) is 6.18 Å². The summed E-state index contributed by atoms with van der Waals surface area (Å²) in [6.45, 7) is 3.56. The topological polar surface area (TPSA) is 12.9 Å². The summed E-state index contributed by atoms with van der Waals surface area (Å²) in [5, 5.41) is 1.35. The van der Waals surface area contributed by atoms with Crippen molar-refractivity contribution in [1.29, 1.82) is 0 Å². The van der Waals surface area contributed by atoms with Gasteiger partial charge in [-0.15, -0.1) is 0 Å². The monoisotopic (exact) mass is 225 g/mol. The van der Waals surface area contributed by atoms with Crippen LogP contribution >= 0.6 is 0 Å². The van der Waals surface area contributed by atoms with Crippen molar-refractivity contribution < 1.29 is 13.2 Å². The lowest BCUT2D eigenvalue weighted by atomic mass is 10.1. The molecule has 2 rings (SSSR count). The van der Waals surface area contributed by atoms with Crippen LogP contribution in [0.5, 0.6) is 0 Å². The molecule has 0 aliphatic carbocycles. The number of alkyl halides is 3. The highest BCUT2D eigenvalue weighted by molar-refractivity contribution is 5.85. The molecule has 1 aromatic heterocycles. The largest absolute Gasteiger partial charge is 0.416 e. The molecule has 0 radical (unpaired) electrons. The number of hydrogen-bond donors (Lipinski definition) is 0. The molecule has 0 fully saturated rings. The number of aromatic nitrogens is 1. The van der Waals surface area contributed by atoms with Crippen molar-refractivity contribution in [2.45, 2.75) is 20.0 Å². The Morgan fingerprint density at radius 3 is 2.38 bits per heavy atom. The van der Waals surface area contributed by atoms with E-state index in [9.17, 15) is 13.2 Å². The van der Waals surface area contributed by atoms with Crippen LogP contribution in [0.4, 0.5) is 13.2 Å². The lowest BCUT2D eigenvalue weighted by Gasteiger charge is -2.09. The number of rotatable bonds is 0. The molecule has 0 amide bonds. The van der Waals surface area contributed by atoms with Gasteiger partial charge >= 0.3 is 6.18 Å². The Morgan fingerprint density at radius 2 is 1.75 bits per heavy atom. The predicted molar refractivity (Wildman–Crippen MR) is 56.2 cm³/mol. The third-order valence-electron chi connectivity index (χ3n) is 2.48. The van der Waals surface area contributed by atoms with Crippen molar-refractivity contribution >= 4 is 10.8 Å². The van der Waals surface area contributed by atoms with Gasteiger partial charge in [0, 0.05) is 16.8 Å². The Labute approximate surface area is 90.9 Å². The molecule has 0 saturated carbocycles. The second kappa shape index (κ2) is 3.47. The summed E-state index contributed by atoms with van der Waals surface area (Å²) >= 11 is 0. The van der Waals surface area contributed by atoms with E-state index in [2.05, 4.69) is 4.98 Å². The van der Waals surface area contributed by atoms with E-state index in [1.165, 1.54) is 6.07 Å². The van der Waals surface area contributed by atoms with Crippen LogP contribution in [-0.4, -0.2) is 4.98 Å². The van der Waals surface area contributed by atoms with E-state index in [0.717, 1.165) is 28.9 Å². The summed E-state index contributed by atoms with van der Waals surface area (Å²) in [7, 11) is 0. The molecule has 1 aromatic carbocycles. The van der Waals surface area contributed by atoms with Gasteiger partial charge < -0.3 is 0 Å². The summed E-state index contributed by atoms with van der Waals surface area (Å²) in [4.78, 5) is 4.21. The molecule has 0 atom stereocenters. The quantitative estimate of drug-likeness (QED) is 0.663. The van der Waals surface area contributed by atoms with Crippen molar-refractivity contribution in [1.82, 2.24) is 4.98 Å². The minimum Gasteiger partial charge on any atom is -0.258 e. The van der Waals surface area contributed by atoms with Crippen molar-refractivity contribution in [3.8, 4) is 0 Å². The molecule has 0 aliphatic rings. The number of halogens is 3. The summed E-state index contributed by atoms with van der Waals surface area (Å²) in [6, 6.07) is 5.39. The lowest BCUT2D eigenvalue weighted by molar-refractivity contribution is -0.137. The zero-order valence-electron chi connectivity index (χ0n) is 8.89. The molecule has 0 unspecified atom stereocenters. The molecule has 0 bridgehead atoms. The number of hydrogen-bond acceptors (Lipinski definition) is 1. The van der Waals surface area contributed by atoms with Crippen LogP contribution in [0, 0.1) is 13.8 Å². The Kier molecular flexibility index (Phi) is 2.37. The maximum absolute atomic E-state index is 12.5. The van der Waals surface area contributed by atoms with E-state index in [1.54, 1.807) is 19.9 Å². The SMILES string of the molecule is Cc1cc2cc(C(F)(F)F)ccc2c(C)n1. The first-order chi connectivity index (χ1) is 7.38. The Morgan fingerprint density at radius 1 is 1.06 bits per heavy atom. The van der Waals surface area contributed by atoms with Gasteiger partial charge in [-0.1, -0.05) is 6.07 Å². The molecule has 0 N–H and O–H groups in total. The van der Waals surface area contributed by atoms with Crippen LogP contribution < -0.4 is 0 Å². The average Bonchev–Trinajstić information content (AvgIpc) is 2.15. The number of benzene rings is 1. The van der Waals surface area contributed by atoms with Gasteiger partial charge in [0.1, 0.15) is 0 Å². The fraction of sp³-hybridized carbons (Fsp3) is 0.250. The molecule has 2 aromatic rings. The highest BCUT2D eigenvalue weighted by Crippen LogP contribution is 2.31. The molecule has 0 aliphatic heterocycles. The Bertz CT molecular complexity index is 544. The number of pyridine rings is 1. The second-order valence-corrected chi connectivity index (χ2v) is 3.78. The minimum atomic E-state index is -4.29. The standard InChI is InChI=1S/C12H10F3N/c1-7-5-9-6-10(12(13,14)15)3-4-11(9)8(2)16-7/h3-6H,1-2H3. The third-order valence-corrected chi connectivity index (χ3v) is 2.48. The Hall–Kier alpha value is -1.58. The normalized spacial score (nSPS) is 12.1. The minimum absolute atomic E-state index is 0.583. The zero-order valence-corrected chi connectivity index (χ0v) is 8.89. The maximum atomic E-state index is 12.5. The van der Waals surface area contributed by atoms with Crippen molar-refractivity contribution in [3.63, 3.8) is 0 Å². The summed E-state index contributed by atoms with van der Waals surface area (Å²) in [5.41, 5.74) is 0.859. The van der Waals surface area contributed by atoms with Gasteiger partial charge in [-0.3, -0.25) is 4.98 Å². The molecule has 84 valence electrons. The number of aryl methyl sites for hydroxylation is 2. The molecule has 1 heterocycles. The van der Waals surface area contributed by atoms with E-state index >= 15 is 0 Å². The molecular formula is C12H10F3N. The molecule has 16 heavy (non-hydrogen) atoms. The van der Waals surface area contributed by atoms with E-state index in [1.807, 2.05) is 0 Å². The fourth-order valence-corrected chi connectivity index (χ4v) is 1.77. The van der Waals surface area contributed by atoms with Gasteiger partial charge in [-0.25, -0.2) is 0 Å². The van der Waals surface area contributed by atoms with Gasteiger partial charge in [-0.2, -0.15) is 13.2 Å². The maximum Gasteiger partial charge on any atom is 0.416 e. The molecule has 0 saturated heterocycles. The van der Waals surface area contributed by atoms with Crippen LogP contribution in [0.1, 0.15) is 17.0 Å². The Balaban J connectivity index is 2.71. The smallest absolute Gasteiger partial charge is 0.258 e. The number of fused-ring (bicyclic) bond motifs is 1. The van der Waals surface area contributed by atoms with Crippen LogP contribution in [0.25, 0.3) is 10.8 Å². The van der Waals surface area contributed by atoms with Crippen LogP contribution in [0.3, 0.4) is 0 Å². The van der Waals surface area contributed by atoms with E-state index in [-0.39, 0.29) is 0 Å². The van der Waals surface area contributed by atoms with Crippen molar-refractivity contribution in [3.05, 3.63) is 41.2 Å². The molecule has 0 spiro atoms. The van der Waals surface area contributed by atoms with Gasteiger partial charge in [0.25, 0.3) is 0 Å². The summed E-state index contributed by atoms with van der Waals surface area (Å²) in [5.74, 6) is 0. The zero-order chi connectivity index (χ0) is 11.9. The van der Waals surface area contributed by atoms with E-state index in [0.29, 0.717) is 5.39 Å².